The van der Waals surface area contributed by atoms with Crippen LogP contribution in [0.4, 0.5) is 0 Å². The quantitative estimate of drug-likeness (QED) is 0.833. The summed E-state index contributed by atoms with van der Waals surface area (Å²) in [4.78, 5) is 11.3. The first-order chi connectivity index (χ1) is 8.83. The zero-order valence-electron chi connectivity index (χ0n) is 11.2. The van der Waals surface area contributed by atoms with Gasteiger partial charge in [-0.2, -0.15) is 0 Å². The van der Waals surface area contributed by atoms with Gasteiger partial charge in [-0.25, -0.2) is 0 Å². The Kier molecular flexibility index (Phi) is 10.8. The maximum Gasteiger partial charge on any atom is 0.207 e. The summed E-state index contributed by atoms with van der Waals surface area (Å²) in [6.45, 7) is 6.72. The van der Waals surface area contributed by atoms with Crippen LogP contribution in [-0.4, -0.2) is 6.41 Å². The first-order valence-corrected chi connectivity index (χ1v) is 6.92. The third kappa shape index (κ3) is 8.53. The van der Waals surface area contributed by atoms with Gasteiger partial charge in [0, 0.05) is 11.4 Å². The molecule has 1 N–H and O–H groups in total. The van der Waals surface area contributed by atoms with E-state index in [1.54, 1.807) is 11.3 Å². The fraction of sp³-hybridized carbons (Fsp3) is 0.267. The predicted octanol–water partition coefficient (Wildman–Crippen LogP) is 4.02. The van der Waals surface area contributed by atoms with Crippen molar-refractivity contribution < 1.29 is 4.79 Å². The number of carbonyl (C=O) groups excluding carboxylic acids is 1. The summed E-state index contributed by atoms with van der Waals surface area (Å²) >= 11 is 1.78. The van der Waals surface area contributed by atoms with Crippen molar-refractivity contribution in [2.75, 3.05) is 0 Å². The van der Waals surface area contributed by atoms with Crippen molar-refractivity contribution >= 4 is 17.7 Å². The summed E-state index contributed by atoms with van der Waals surface area (Å²) in [5, 5.41) is 4.66. The van der Waals surface area contributed by atoms with Gasteiger partial charge in [0.1, 0.15) is 0 Å². The van der Waals surface area contributed by atoms with Gasteiger partial charge < -0.3 is 5.32 Å². The van der Waals surface area contributed by atoms with Gasteiger partial charge in [0.05, 0.1) is 0 Å². The molecule has 1 aromatic heterocycles. The summed E-state index contributed by atoms with van der Waals surface area (Å²) in [6.07, 6.45) is 0.701. The highest BCUT2D eigenvalue weighted by Gasteiger charge is 1.85. The molecule has 98 valence electrons. The molecule has 0 aliphatic carbocycles. The molecule has 2 nitrogen and oxygen atoms in total. The summed E-state index contributed by atoms with van der Waals surface area (Å²) < 4.78 is 0. The van der Waals surface area contributed by atoms with E-state index in [1.807, 2.05) is 44.2 Å². The molecule has 1 aromatic carbocycles. The number of carbonyl (C=O) groups is 1. The third-order valence-electron chi connectivity index (χ3n) is 1.90. The average Bonchev–Trinajstić information content (AvgIpc) is 2.92. The predicted molar refractivity (Wildman–Crippen MR) is 79.7 cm³/mol. The van der Waals surface area contributed by atoms with E-state index < -0.39 is 0 Å². The zero-order valence-corrected chi connectivity index (χ0v) is 12.0. The fourth-order valence-electron chi connectivity index (χ4n) is 1.12. The highest BCUT2D eigenvalue weighted by atomic mass is 32.1. The van der Waals surface area contributed by atoms with Crippen LogP contribution >= 0.6 is 11.3 Å². The second-order valence-corrected chi connectivity index (χ2v) is 4.36. The van der Waals surface area contributed by atoms with E-state index in [1.165, 1.54) is 4.88 Å². The van der Waals surface area contributed by atoms with Crippen molar-refractivity contribution in [2.24, 2.45) is 0 Å². The lowest BCUT2D eigenvalue weighted by molar-refractivity contribution is -0.109. The van der Waals surface area contributed by atoms with Gasteiger partial charge in [0.15, 0.2) is 0 Å². The van der Waals surface area contributed by atoms with E-state index in [4.69, 9.17) is 0 Å². The minimum Gasteiger partial charge on any atom is -0.355 e. The molecule has 0 unspecified atom stereocenters. The van der Waals surface area contributed by atoms with Crippen molar-refractivity contribution in [1.29, 1.82) is 0 Å². The number of aryl methyl sites for hydroxylation is 1. The first kappa shape index (κ1) is 16.4. The van der Waals surface area contributed by atoms with Crippen molar-refractivity contribution in [2.45, 2.75) is 27.3 Å². The van der Waals surface area contributed by atoms with Gasteiger partial charge in [-0.05, 0) is 23.9 Å². The summed E-state index contributed by atoms with van der Waals surface area (Å²) in [6, 6.07) is 13.9. The molecule has 1 heterocycles. The van der Waals surface area contributed by atoms with E-state index in [0.717, 1.165) is 5.56 Å². The molecular weight excluding hydrogens is 242 g/mol. The molecule has 1 amide bonds. The normalized spacial score (nSPS) is 8.17. The summed E-state index contributed by atoms with van der Waals surface area (Å²) in [5.41, 5.74) is 1.12. The largest absolute Gasteiger partial charge is 0.355 e. The molecule has 0 radical (unpaired) electrons. The minimum atomic E-state index is 0.615. The number of hydrogen-bond acceptors (Lipinski definition) is 2. The molecule has 2 aromatic rings. The molecule has 0 aliphatic heterocycles. The van der Waals surface area contributed by atoms with Crippen LogP contribution < -0.4 is 5.32 Å². The summed E-state index contributed by atoms with van der Waals surface area (Å²) in [5.74, 6) is 0. The second-order valence-electron chi connectivity index (χ2n) is 3.21. The third-order valence-corrected chi connectivity index (χ3v) is 2.70. The van der Waals surface area contributed by atoms with Crippen molar-refractivity contribution in [3.8, 4) is 0 Å². The molecule has 0 aliphatic rings. The summed E-state index contributed by atoms with van der Waals surface area (Å²) in [7, 11) is 0. The number of nitrogens with one attached hydrogen (secondary N) is 1. The number of benzene rings is 1. The Morgan fingerprint density at radius 1 is 1.11 bits per heavy atom. The Morgan fingerprint density at radius 2 is 1.78 bits per heavy atom. The average molecular weight is 263 g/mol. The van der Waals surface area contributed by atoms with Crippen molar-refractivity contribution in [3.63, 3.8) is 0 Å². The van der Waals surface area contributed by atoms with Gasteiger partial charge in [0.25, 0.3) is 0 Å². The Hall–Kier alpha value is -1.61. The topological polar surface area (TPSA) is 29.1 Å². The van der Waals surface area contributed by atoms with Crippen molar-refractivity contribution in [1.82, 2.24) is 5.32 Å². The first-order valence-electron chi connectivity index (χ1n) is 6.04. The second kappa shape index (κ2) is 11.9. The van der Waals surface area contributed by atoms with Crippen LogP contribution in [0.1, 0.15) is 24.3 Å². The maximum atomic E-state index is 9.87. The van der Waals surface area contributed by atoms with Crippen LogP contribution in [0.3, 0.4) is 0 Å². The number of hydrogen-bond donors (Lipinski definition) is 1. The zero-order chi connectivity index (χ0) is 13.6. The highest BCUT2D eigenvalue weighted by Crippen LogP contribution is 2.03. The molecule has 0 atom stereocenters. The molecule has 2 rings (SSSR count). The Morgan fingerprint density at radius 3 is 2.17 bits per heavy atom. The SMILES string of the molecule is CC.Cc1cccs1.O=CNCc1ccccc1. The molecule has 18 heavy (non-hydrogen) atoms. The Labute approximate surface area is 114 Å². The van der Waals surface area contributed by atoms with Gasteiger partial charge in [-0.3, -0.25) is 4.79 Å². The van der Waals surface area contributed by atoms with Crippen LogP contribution in [-0.2, 0) is 11.3 Å². The van der Waals surface area contributed by atoms with Crippen LogP contribution in [0.15, 0.2) is 47.8 Å². The Balaban J connectivity index is 0.000000308. The molecule has 0 fully saturated rings. The highest BCUT2D eigenvalue weighted by molar-refractivity contribution is 7.09. The minimum absolute atomic E-state index is 0.615. The van der Waals surface area contributed by atoms with E-state index >= 15 is 0 Å². The lowest BCUT2D eigenvalue weighted by Crippen LogP contribution is -2.09. The molecule has 0 saturated heterocycles. The van der Waals surface area contributed by atoms with Crippen LogP contribution in [0, 0.1) is 6.92 Å². The van der Waals surface area contributed by atoms with E-state index in [-0.39, 0.29) is 0 Å². The van der Waals surface area contributed by atoms with E-state index in [2.05, 4.69) is 29.8 Å². The van der Waals surface area contributed by atoms with Crippen LogP contribution in [0.2, 0.25) is 0 Å². The monoisotopic (exact) mass is 263 g/mol. The van der Waals surface area contributed by atoms with Gasteiger partial charge in [-0.1, -0.05) is 50.2 Å². The van der Waals surface area contributed by atoms with Crippen LogP contribution in [0.25, 0.3) is 0 Å². The standard InChI is InChI=1S/C8H9NO.C5H6S.C2H6/c10-7-9-6-8-4-2-1-3-5-8;1-5-3-2-4-6-5;1-2/h1-5,7H,6H2,(H,9,10);2-4H,1H3;1-2H3. The number of rotatable bonds is 3. The maximum absolute atomic E-state index is 9.87. The lowest BCUT2D eigenvalue weighted by Gasteiger charge is -1.96. The molecule has 0 spiro atoms. The fourth-order valence-corrected chi connectivity index (χ4v) is 1.64. The number of thiophene rings is 1. The molecule has 0 bridgehead atoms. The van der Waals surface area contributed by atoms with E-state index in [9.17, 15) is 4.79 Å². The smallest absolute Gasteiger partial charge is 0.207 e. The van der Waals surface area contributed by atoms with Gasteiger partial charge in [-0.15, -0.1) is 11.3 Å². The molecule has 0 saturated carbocycles. The number of amides is 1. The van der Waals surface area contributed by atoms with Gasteiger partial charge in [0.2, 0.25) is 6.41 Å². The molecular formula is C15H21NOS. The van der Waals surface area contributed by atoms with Gasteiger partial charge >= 0.3 is 0 Å². The van der Waals surface area contributed by atoms with Crippen molar-refractivity contribution in [3.05, 3.63) is 58.3 Å². The lowest BCUT2D eigenvalue weighted by atomic mass is 10.2. The molecule has 3 heteroatoms. The Bertz CT molecular complexity index is 384. The van der Waals surface area contributed by atoms with Crippen LogP contribution in [0.5, 0.6) is 0 Å². The van der Waals surface area contributed by atoms with E-state index in [0.29, 0.717) is 13.0 Å².